The normalized spacial score (nSPS) is 48.8. The predicted octanol–water partition coefficient (Wildman–Crippen LogP) is 7.80. The highest BCUT2D eigenvalue weighted by Gasteiger charge is 2.69. The number of ether oxygens (including phenoxy) is 1. The van der Waals surface area contributed by atoms with Crippen molar-refractivity contribution in [2.75, 3.05) is 0 Å². The summed E-state index contributed by atoms with van der Waals surface area (Å²) in [6.07, 6.45) is 12.6. The van der Waals surface area contributed by atoms with Gasteiger partial charge in [0.2, 0.25) is 0 Å². The van der Waals surface area contributed by atoms with Gasteiger partial charge in [-0.3, -0.25) is 9.59 Å². The van der Waals surface area contributed by atoms with Gasteiger partial charge in [0, 0.05) is 12.3 Å². The second kappa shape index (κ2) is 7.85. The predicted molar refractivity (Wildman–Crippen MR) is 142 cm³/mol. The Bertz CT molecular complexity index is 992. The number of rotatable bonds is 2. The van der Waals surface area contributed by atoms with Crippen LogP contribution in [0.1, 0.15) is 120 Å². The Morgan fingerprint density at radius 3 is 2.19 bits per heavy atom. The number of carboxylic acid groups (broad SMARTS) is 1. The lowest BCUT2D eigenvalue weighted by Gasteiger charge is -2.71. The van der Waals surface area contributed by atoms with E-state index in [1.165, 1.54) is 12.0 Å². The van der Waals surface area contributed by atoms with E-state index in [1.54, 1.807) is 6.92 Å². The van der Waals surface area contributed by atoms with Crippen LogP contribution < -0.4 is 0 Å². The lowest BCUT2D eigenvalue weighted by molar-refractivity contribution is -0.213. The van der Waals surface area contributed by atoms with E-state index in [2.05, 4.69) is 54.5 Å². The molecule has 0 heterocycles. The first-order valence-electron chi connectivity index (χ1n) is 14.6. The van der Waals surface area contributed by atoms with Gasteiger partial charge in [0.1, 0.15) is 6.10 Å². The number of hydrogen-bond acceptors (Lipinski definition) is 3. The van der Waals surface area contributed by atoms with Crippen LogP contribution in [-0.4, -0.2) is 23.1 Å². The minimum Gasteiger partial charge on any atom is -0.481 e. The van der Waals surface area contributed by atoms with E-state index in [-0.39, 0.29) is 45.1 Å². The molecule has 36 heavy (non-hydrogen) atoms. The number of allylic oxidation sites excluding steroid dienone is 2. The summed E-state index contributed by atoms with van der Waals surface area (Å²) in [5.74, 6) is 0.546. The molecule has 5 rings (SSSR count). The van der Waals surface area contributed by atoms with Crippen molar-refractivity contribution in [1.82, 2.24) is 0 Å². The maximum Gasteiger partial charge on any atom is 0.310 e. The molecule has 0 aliphatic heterocycles. The molecule has 0 spiro atoms. The summed E-state index contributed by atoms with van der Waals surface area (Å²) in [6.45, 7) is 18.5. The van der Waals surface area contributed by atoms with Gasteiger partial charge in [-0.1, -0.05) is 60.1 Å². The molecule has 1 N–H and O–H groups in total. The van der Waals surface area contributed by atoms with Crippen LogP contribution >= 0.6 is 0 Å². The van der Waals surface area contributed by atoms with Gasteiger partial charge in [-0.25, -0.2) is 0 Å². The molecule has 0 aromatic rings. The van der Waals surface area contributed by atoms with Crippen molar-refractivity contribution in [3.63, 3.8) is 0 Å². The molecule has 0 unspecified atom stereocenters. The van der Waals surface area contributed by atoms with E-state index in [4.69, 9.17) is 4.74 Å². The minimum absolute atomic E-state index is 0.00181. The number of carbonyl (C=O) groups excluding carboxylic acids is 1. The Morgan fingerprint density at radius 1 is 0.889 bits per heavy atom. The van der Waals surface area contributed by atoms with E-state index in [1.807, 2.05) is 0 Å². The summed E-state index contributed by atoms with van der Waals surface area (Å²) in [5.41, 5.74) is 1.50. The second-order valence-electron chi connectivity index (χ2n) is 15.6. The molecule has 0 saturated heterocycles. The number of esters is 1. The third kappa shape index (κ3) is 3.30. The maximum atomic E-state index is 12.8. The lowest BCUT2D eigenvalue weighted by atomic mass is 9.33. The Balaban J connectivity index is 1.55. The molecule has 0 aromatic carbocycles. The summed E-state index contributed by atoms with van der Waals surface area (Å²) < 4.78 is 5.87. The van der Waals surface area contributed by atoms with Crippen LogP contribution in [0.2, 0.25) is 0 Å². The molecule has 4 nitrogen and oxygen atoms in total. The molecule has 4 saturated carbocycles. The van der Waals surface area contributed by atoms with Crippen molar-refractivity contribution in [2.24, 2.45) is 50.2 Å². The summed E-state index contributed by atoms with van der Waals surface area (Å²) in [5, 5.41) is 10.5. The minimum atomic E-state index is -0.574. The Hall–Kier alpha value is -1.32. The van der Waals surface area contributed by atoms with E-state index in [0.717, 1.165) is 57.8 Å². The van der Waals surface area contributed by atoms with Gasteiger partial charge in [-0.15, -0.1) is 0 Å². The van der Waals surface area contributed by atoms with Crippen molar-refractivity contribution < 1.29 is 19.4 Å². The lowest BCUT2D eigenvalue weighted by Crippen LogP contribution is -2.65. The van der Waals surface area contributed by atoms with E-state index >= 15 is 0 Å². The molecule has 8 atom stereocenters. The summed E-state index contributed by atoms with van der Waals surface area (Å²) >= 11 is 0. The highest BCUT2D eigenvalue weighted by molar-refractivity contribution is 5.76. The van der Waals surface area contributed by atoms with E-state index in [9.17, 15) is 14.7 Å². The van der Waals surface area contributed by atoms with Crippen LogP contribution in [0.5, 0.6) is 0 Å². The van der Waals surface area contributed by atoms with Crippen molar-refractivity contribution in [1.29, 1.82) is 0 Å². The van der Waals surface area contributed by atoms with Crippen LogP contribution in [-0.2, 0) is 14.3 Å². The molecule has 0 aromatic heterocycles. The summed E-state index contributed by atoms with van der Waals surface area (Å²) in [6, 6.07) is 0. The van der Waals surface area contributed by atoms with Gasteiger partial charge in [0.05, 0.1) is 5.41 Å². The average Bonchev–Trinajstić information content (AvgIpc) is 2.75. The molecule has 4 heteroatoms. The Morgan fingerprint density at radius 2 is 1.56 bits per heavy atom. The molecule has 5 aliphatic rings. The highest BCUT2D eigenvalue weighted by Crippen LogP contribution is 2.75. The topological polar surface area (TPSA) is 63.6 Å². The van der Waals surface area contributed by atoms with Gasteiger partial charge < -0.3 is 9.84 Å². The first kappa shape index (κ1) is 26.3. The first-order valence-corrected chi connectivity index (χ1v) is 14.6. The standard InChI is InChI=1S/C32H50O4/c1-20(33)36-25-12-13-29(6)23(28(25,4)5)11-14-31(8)24(29)10-9-21-22-19-27(2,3)15-17-32(22,26(34)35)18-16-30(21,31)7/h9,22-25H,10-19H2,1-8H3,(H,34,35)/t22-,23+,24-,25+,29+,30+,31-,32+/m1/s1. The number of hydrogen-bond donors (Lipinski definition) is 1. The van der Waals surface area contributed by atoms with Crippen molar-refractivity contribution in [2.45, 2.75) is 126 Å². The van der Waals surface area contributed by atoms with Gasteiger partial charge in [0.25, 0.3) is 0 Å². The van der Waals surface area contributed by atoms with Crippen molar-refractivity contribution in [3.05, 3.63) is 11.6 Å². The average molecular weight is 499 g/mol. The fraction of sp³-hybridized carbons (Fsp3) is 0.875. The number of carboxylic acids is 1. The van der Waals surface area contributed by atoms with Crippen LogP contribution in [0.4, 0.5) is 0 Å². The number of aliphatic carboxylic acids is 1. The third-order valence-corrected chi connectivity index (χ3v) is 13.3. The molecular formula is C32H50O4. The highest BCUT2D eigenvalue weighted by atomic mass is 16.5. The van der Waals surface area contributed by atoms with Gasteiger partial charge in [0.15, 0.2) is 0 Å². The molecule has 0 amide bonds. The molecule has 0 bridgehead atoms. The van der Waals surface area contributed by atoms with Gasteiger partial charge >= 0.3 is 11.9 Å². The number of fused-ring (bicyclic) bond motifs is 7. The number of carbonyl (C=O) groups is 2. The largest absolute Gasteiger partial charge is 0.481 e. The van der Waals surface area contributed by atoms with Crippen molar-refractivity contribution in [3.8, 4) is 0 Å². The zero-order valence-electron chi connectivity index (χ0n) is 24.1. The van der Waals surface area contributed by atoms with Crippen LogP contribution in [0.15, 0.2) is 11.6 Å². The van der Waals surface area contributed by atoms with Gasteiger partial charge in [-0.05, 0) is 104 Å². The molecular weight excluding hydrogens is 448 g/mol. The Labute approximate surface area is 219 Å². The van der Waals surface area contributed by atoms with E-state index < -0.39 is 11.4 Å². The molecule has 202 valence electrons. The molecule has 0 radical (unpaired) electrons. The molecule has 4 fully saturated rings. The Kier molecular flexibility index (Phi) is 5.74. The SMILES string of the molecule is CC(=O)O[C@H]1CC[C@]2(C)[C@H]3CC=C4[C@H]5CC(C)(C)CC[C@]5(C(=O)O)CC[C@]4(C)[C@]3(C)CC[C@H]2C1(C)C. The second-order valence-corrected chi connectivity index (χ2v) is 15.6. The maximum absolute atomic E-state index is 12.8. The van der Waals surface area contributed by atoms with Crippen LogP contribution in [0.25, 0.3) is 0 Å². The monoisotopic (exact) mass is 498 g/mol. The molecule has 5 aliphatic carbocycles. The van der Waals surface area contributed by atoms with Crippen molar-refractivity contribution >= 4 is 11.9 Å². The fourth-order valence-corrected chi connectivity index (χ4v) is 11.0. The zero-order valence-corrected chi connectivity index (χ0v) is 24.1. The smallest absolute Gasteiger partial charge is 0.310 e. The fourth-order valence-electron chi connectivity index (χ4n) is 11.0. The van der Waals surface area contributed by atoms with Gasteiger partial charge in [-0.2, -0.15) is 0 Å². The first-order chi connectivity index (χ1) is 16.5. The van der Waals surface area contributed by atoms with E-state index in [0.29, 0.717) is 11.8 Å². The third-order valence-electron chi connectivity index (χ3n) is 13.3. The zero-order chi connectivity index (χ0) is 26.5. The summed E-state index contributed by atoms with van der Waals surface area (Å²) in [4.78, 5) is 24.7. The van der Waals surface area contributed by atoms with Crippen LogP contribution in [0, 0.1) is 50.2 Å². The summed E-state index contributed by atoms with van der Waals surface area (Å²) in [7, 11) is 0. The quantitative estimate of drug-likeness (QED) is 0.311. The van der Waals surface area contributed by atoms with Crippen LogP contribution in [0.3, 0.4) is 0 Å².